The number of amides is 1. The van der Waals surface area contributed by atoms with Crippen LogP contribution < -0.4 is 5.32 Å². The van der Waals surface area contributed by atoms with Crippen LogP contribution in [0.2, 0.25) is 0 Å². The number of rotatable bonds is 6. The van der Waals surface area contributed by atoms with E-state index in [1.54, 1.807) is 6.07 Å². The Kier molecular flexibility index (Phi) is 6.55. The third kappa shape index (κ3) is 4.93. The summed E-state index contributed by atoms with van der Waals surface area (Å²) < 4.78 is 6.15. The molecule has 4 nitrogen and oxygen atoms in total. The second-order valence-electron chi connectivity index (χ2n) is 5.49. The third-order valence-electron chi connectivity index (χ3n) is 3.68. The number of hydrogen-bond donors (Lipinski definition) is 1. The maximum absolute atomic E-state index is 12.2. The number of anilines is 1. The first-order chi connectivity index (χ1) is 11.5. The Balaban J connectivity index is 1.90. The molecule has 2 aromatic rings. The van der Waals surface area contributed by atoms with Crippen LogP contribution in [-0.2, 0) is 14.3 Å². The van der Waals surface area contributed by atoms with Crippen LogP contribution in [0.25, 0.3) is 0 Å². The Labute approximate surface area is 150 Å². The number of hydrogen-bond acceptors (Lipinski definition) is 3. The average Bonchev–Trinajstić information content (AvgIpc) is 2.58. The second kappa shape index (κ2) is 8.64. The van der Waals surface area contributed by atoms with Gasteiger partial charge in [0.25, 0.3) is 5.91 Å². The molecule has 0 aliphatic carbocycles. The van der Waals surface area contributed by atoms with Gasteiger partial charge < -0.3 is 10.1 Å². The van der Waals surface area contributed by atoms with Crippen LogP contribution in [0.1, 0.15) is 30.4 Å². The molecule has 5 heteroatoms. The summed E-state index contributed by atoms with van der Waals surface area (Å²) in [6.07, 6.45) is 0.621. The van der Waals surface area contributed by atoms with Gasteiger partial charge in [0.2, 0.25) is 0 Å². The van der Waals surface area contributed by atoms with E-state index in [2.05, 4.69) is 21.2 Å². The van der Waals surface area contributed by atoms with E-state index in [0.717, 1.165) is 15.6 Å². The van der Waals surface area contributed by atoms with Crippen LogP contribution in [0, 0.1) is 6.92 Å². The molecule has 0 saturated carbocycles. The highest BCUT2D eigenvalue weighted by molar-refractivity contribution is 9.10. The molecule has 2 aromatic carbocycles. The van der Waals surface area contributed by atoms with Crippen molar-refractivity contribution in [3.05, 3.63) is 64.1 Å². The van der Waals surface area contributed by atoms with Crippen LogP contribution >= 0.6 is 15.9 Å². The number of nitrogens with one attached hydrogen (secondary N) is 1. The van der Waals surface area contributed by atoms with Gasteiger partial charge in [0.05, 0.1) is 5.92 Å². The van der Waals surface area contributed by atoms with Crippen LogP contribution in [0.3, 0.4) is 0 Å². The molecule has 0 aromatic heterocycles. The van der Waals surface area contributed by atoms with Gasteiger partial charge in [0, 0.05) is 10.2 Å². The lowest BCUT2D eigenvalue weighted by Gasteiger charge is -2.14. The zero-order valence-electron chi connectivity index (χ0n) is 13.7. The quantitative estimate of drug-likeness (QED) is 0.743. The van der Waals surface area contributed by atoms with E-state index in [4.69, 9.17) is 4.74 Å². The van der Waals surface area contributed by atoms with Gasteiger partial charge in [-0.3, -0.25) is 9.59 Å². The predicted octanol–water partition coefficient (Wildman–Crippen LogP) is 4.43. The second-order valence-corrected chi connectivity index (χ2v) is 6.35. The van der Waals surface area contributed by atoms with Gasteiger partial charge >= 0.3 is 5.97 Å². The first-order valence-electron chi connectivity index (χ1n) is 7.79. The fourth-order valence-corrected chi connectivity index (χ4v) is 2.63. The molecule has 0 aliphatic rings. The molecule has 126 valence electrons. The predicted molar refractivity (Wildman–Crippen MR) is 97.9 cm³/mol. The summed E-state index contributed by atoms with van der Waals surface area (Å²) >= 11 is 3.41. The lowest BCUT2D eigenvalue weighted by atomic mass is 9.97. The Hall–Kier alpha value is -2.14. The van der Waals surface area contributed by atoms with Gasteiger partial charge in [-0.25, -0.2) is 0 Å². The van der Waals surface area contributed by atoms with Crippen LogP contribution in [0.4, 0.5) is 5.69 Å². The highest BCUT2D eigenvalue weighted by atomic mass is 79.9. The third-order valence-corrected chi connectivity index (χ3v) is 4.57. The smallest absolute Gasteiger partial charge is 0.313 e. The van der Waals surface area contributed by atoms with Crippen molar-refractivity contribution in [1.29, 1.82) is 0 Å². The van der Waals surface area contributed by atoms with E-state index < -0.39 is 0 Å². The standard InChI is InChI=1S/C19H20BrNO3/c1-3-16(14-7-5-4-6-8-14)19(23)24-12-18(22)21-15-9-10-17(20)13(2)11-15/h4-11,16H,3,12H2,1-2H3,(H,21,22). The molecular weight excluding hydrogens is 370 g/mol. The minimum atomic E-state index is -0.383. The molecule has 0 saturated heterocycles. The molecular formula is C19H20BrNO3. The molecule has 0 aliphatic heterocycles. The van der Waals surface area contributed by atoms with Gasteiger partial charge in [0.1, 0.15) is 0 Å². The number of halogens is 1. The Morgan fingerprint density at radius 2 is 1.88 bits per heavy atom. The van der Waals surface area contributed by atoms with Crippen molar-refractivity contribution >= 4 is 33.5 Å². The van der Waals surface area contributed by atoms with Gasteiger partial charge in [-0.2, -0.15) is 0 Å². The van der Waals surface area contributed by atoms with E-state index in [1.807, 2.05) is 56.3 Å². The SMILES string of the molecule is CCC(C(=O)OCC(=O)Nc1ccc(Br)c(C)c1)c1ccccc1. The summed E-state index contributed by atoms with van der Waals surface area (Å²) in [7, 11) is 0. The summed E-state index contributed by atoms with van der Waals surface area (Å²) in [6, 6.07) is 14.9. The highest BCUT2D eigenvalue weighted by Crippen LogP contribution is 2.21. The van der Waals surface area contributed by atoms with Crippen molar-refractivity contribution in [1.82, 2.24) is 0 Å². The summed E-state index contributed by atoms with van der Waals surface area (Å²) in [5.41, 5.74) is 2.58. The molecule has 0 bridgehead atoms. The fourth-order valence-electron chi connectivity index (χ4n) is 2.38. The van der Waals surface area contributed by atoms with E-state index in [-0.39, 0.29) is 24.4 Å². The van der Waals surface area contributed by atoms with Gasteiger partial charge in [-0.1, -0.05) is 53.2 Å². The normalized spacial score (nSPS) is 11.6. The monoisotopic (exact) mass is 389 g/mol. The van der Waals surface area contributed by atoms with Crippen LogP contribution in [0.15, 0.2) is 53.0 Å². The highest BCUT2D eigenvalue weighted by Gasteiger charge is 2.20. The topological polar surface area (TPSA) is 55.4 Å². The summed E-state index contributed by atoms with van der Waals surface area (Å²) in [5.74, 6) is -1.09. The zero-order valence-corrected chi connectivity index (χ0v) is 15.3. The molecule has 0 heterocycles. The fraction of sp³-hybridized carbons (Fsp3) is 0.263. The number of esters is 1. The summed E-state index contributed by atoms with van der Waals surface area (Å²) in [5, 5.41) is 2.73. The Morgan fingerprint density at radius 3 is 2.50 bits per heavy atom. The molecule has 1 N–H and O–H groups in total. The van der Waals surface area contributed by atoms with E-state index in [9.17, 15) is 9.59 Å². The minimum Gasteiger partial charge on any atom is -0.455 e. The zero-order chi connectivity index (χ0) is 17.5. The molecule has 24 heavy (non-hydrogen) atoms. The first kappa shape index (κ1) is 18.2. The Morgan fingerprint density at radius 1 is 1.17 bits per heavy atom. The van der Waals surface area contributed by atoms with Crippen molar-refractivity contribution in [2.45, 2.75) is 26.2 Å². The molecule has 0 radical (unpaired) electrons. The van der Waals surface area contributed by atoms with Gasteiger partial charge in [-0.15, -0.1) is 0 Å². The van der Waals surface area contributed by atoms with Gasteiger partial charge in [-0.05, 0) is 42.7 Å². The molecule has 0 fully saturated rings. The van der Waals surface area contributed by atoms with Crippen molar-refractivity contribution in [2.24, 2.45) is 0 Å². The molecule has 0 spiro atoms. The number of carbonyl (C=O) groups excluding carboxylic acids is 2. The van der Waals surface area contributed by atoms with Crippen molar-refractivity contribution < 1.29 is 14.3 Å². The largest absolute Gasteiger partial charge is 0.455 e. The Bertz CT molecular complexity index is 716. The molecule has 2 rings (SSSR count). The number of aryl methyl sites for hydroxylation is 1. The van der Waals surface area contributed by atoms with E-state index in [1.165, 1.54) is 0 Å². The minimum absolute atomic E-state index is 0.294. The molecule has 1 amide bonds. The lowest BCUT2D eigenvalue weighted by Crippen LogP contribution is -2.23. The molecule has 1 unspecified atom stereocenters. The van der Waals surface area contributed by atoms with Crippen molar-refractivity contribution in [3.63, 3.8) is 0 Å². The van der Waals surface area contributed by atoms with E-state index in [0.29, 0.717) is 12.1 Å². The van der Waals surface area contributed by atoms with Crippen LogP contribution in [-0.4, -0.2) is 18.5 Å². The van der Waals surface area contributed by atoms with Crippen LogP contribution in [0.5, 0.6) is 0 Å². The van der Waals surface area contributed by atoms with Gasteiger partial charge in [0.15, 0.2) is 6.61 Å². The first-order valence-corrected chi connectivity index (χ1v) is 8.58. The lowest BCUT2D eigenvalue weighted by molar-refractivity contribution is -0.149. The maximum Gasteiger partial charge on any atom is 0.313 e. The number of ether oxygens (including phenoxy) is 1. The number of carbonyl (C=O) groups is 2. The maximum atomic E-state index is 12.2. The average molecular weight is 390 g/mol. The molecule has 1 atom stereocenters. The van der Waals surface area contributed by atoms with Crippen molar-refractivity contribution in [3.8, 4) is 0 Å². The summed E-state index contributed by atoms with van der Waals surface area (Å²) in [4.78, 5) is 24.2. The van der Waals surface area contributed by atoms with Crippen molar-refractivity contribution in [2.75, 3.05) is 11.9 Å². The number of benzene rings is 2. The summed E-state index contributed by atoms with van der Waals surface area (Å²) in [6.45, 7) is 3.56. The van der Waals surface area contributed by atoms with E-state index >= 15 is 0 Å².